The van der Waals surface area contributed by atoms with Gasteiger partial charge in [0.15, 0.2) is 0 Å². The average Bonchev–Trinajstić information content (AvgIpc) is 2.27. The number of carbonyl (C=O) groups excluding carboxylic acids is 1. The standard InChI is InChI=1S/C12H17N3O/c1-4-7-14-12(16)11(15(2)3)10-6-5-8-13-9-10/h4-6,8-9,11H,1,7H2,2-3H3,(H,14,16). The Balaban J connectivity index is 2.83. The first kappa shape index (κ1) is 12.4. The van der Waals surface area contributed by atoms with Crippen LogP contribution >= 0.6 is 0 Å². The SMILES string of the molecule is C=CCNC(=O)C(c1cccnc1)N(C)C. The van der Waals surface area contributed by atoms with Crippen LogP contribution < -0.4 is 5.32 Å². The minimum absolute atomic E-state index is 0.0436. The van der Waals surface area contributed by atoms with Crippen LogP contribution in [0, 0.1) is 0 Å². The zero-order chi connectivity index (χ0) is 12.0. The van der Waals surface area contributed by atoms with E-state index in [9.17, 15) is 4.79 Å². The summed E-state index contributed by atoms with van der Waals surface area (Å²) >= 11 is 0. The third-order valence-corrected chi connectivity index (χ3v) is 2.19. The smallest absolute Gasteiger partial charge is 0.242 e. The minimum atomic E-state index is -0.311. The van der Waals surface area contributed by atoms with Crippen LogP contribution in [0.2, 0.25) is 0 Å². The van der Waals surface area contributed by atoms with Crippen molar-refractivity contribution in [3.63, 3.8) is 0 Å². The fourth-order valence-electron chi connectivity index (χ4n) is 1.49. The Labute approximate surface area is 96.0 Å². The molecule has 1 heterocycles. The predicted octanol–water partition coefficient (Wildman–Crippen LogP) is 0.986. The highest BCUT2D eigenvalue weighted by Gasteiger charge is 2.22. The van der Waals surface area contributed by atoms with Crippen LogP contribution in [0.15, 0.2) is 37.2 Å². The van der Waals surface area contributed by atoms with Crippen molar-refractivity contribution in [2.45, 2.75) is 6.04 Å². The molecule has 0 fully saturated rings. The number of hydrogen-bond acceptors (Lipinski definition) is 3. The second-order valence-electron chi connectivity index (χ2n) is 3.69. The van der Waals surface area contributed by atoms with Crippen molar-refractivity contribution in [2.24, 2.45) is 0 Å². The molecule has 1 rings (SSSR count). The summed E-state index contributed by atoms with van der Waals surface area (Å²) in [6, 6.07) is 3.41. The first-order valence-electron chi connectivity index (χ1n) is 5.11. The maximum atomic E-state index is 11.9. The van der Waals surface area contributed by atoms with E-state index in [1.807, 2.05) is 31.1 Å². The van der Waals surface area contributed by atoms with E-state index < -0.39 is 0 Å². The Hall–Kier alpha value is -1.68. The Morgan fingerprint density at radius 1 is 1.69 bits per heavy atom. The van der Waals surface area contributed by atoms with Gasteiger partial charge in [-0.1, -0.05) is 12.1 Å². The van der Waals surface area contributed by atoms with Gasteiger partial charge in [0.2, 0.25) is 5.91 Å². The Kier molecular flexibility index (Phi) is 4.66. The van der Waals surface area contributed by atoms with Gasteiger partial charge in [-0.3, -0.25) is 14.7 Å². The van der Waals surface area contributed by atoms with Gasteiger partial charge in [-0.15, -0.1) is 6.58 Å². The molecule has 4 heteroatoms. The lowest BCUT2D eigenvalue weighted by molar-refractivity contribution is -0.125. The van der Waals surface area contributed by atoms with Gasteiger partial charge in [-0.25, -0.2) is 0 Å². The highest BCUT2D eigenvalue weighted by atomic mass is 16.2. The van der Waals surface area contributed by atoms with E-state index in [1.54, 1.807) is 18.5 Å². The van der Waals surface area contributed by atoms with Gasteiger partial charge in [0.25, 0.3) is 0 Å². The van der Waals surface area contributed by atoms with Crippen molar-refractivity contribution in [3.8, 4) is 0 Å². The predicted molar refractivity (Wildman–Crippen MR) is 63.9 cm³/mol. The number of nitrogens with zero attached hydrogens (tertiary/aromatic N) is 2. The molecule has 1 unspecified atom stereocenters. The number of amides is 1. The molecular weight excluding hydrogens is 202 g/mol. The van der Waals surface area contributed by atoms with Gasteiger partial charge in [0.1, 0.15) is 6.04 Å². The lowest BCUT2D eigenvalue weighted by Gasteiger charge is -2.23. The fourth-order valence-corrected chi connectivity index (χ4v) is 1.49. The maximum Gasteiger partial charge on any atom is 0.242 e. The van der Waals surface area contributed by atoms with E-state index in [0.717, 1.165) is 5.56 Å². The van der Waals surface area contributed by atoms with Crippen LogP contribution in [0.5, 0.6) is 0 Å². The van der Waals surface area contributed by atoms with E-state index in [0.29, 0.717) is 6.54 Å². The van der Waals surface area contributed by atoms with Gasteiger partial charge in [0, 0.05) is 18.9 Å². The molecular formula is C12H17N3O. The molecule has 1 aromatic heterocycles. The molecule has 16 heavy (non-hydrogen) atoms. The van der Waals surface area contributed by atoms with E-state index >= 15 is 0 Å². The lowest BCUT2D eigenvalue weighted by atomic mass is 10.1. The zero-order valence-electron chi connectivity index (χ0n) is 9.68. The molecule has 0 bridgehead atoms. The molecule has 0 aliphatic rings. The van der Waals surface area contributed by atoms with Crippen LogP contribution in [0.1, 0.15) is 11.6 Å². The molecule has 0 radical (unpaired) electrons. The number of pyridine rings is 1. The third kappa shape index (κ3) is 3.17. The number of aromatic nitrogens is 1. The molecule has 0 aromatic carbocycles. The van der Waals surface area contributed by atoms with Gasteiger partial charge in [0.05, 0.1) is 0 Å². The van der Waals surface area contributed by atoms with E-state index in [4.69, 9.17) is 0 Å². The third-order valence-electron chi connectivity index (χ3n) is 2.19. The Morgan fingerprint density at radius 2 is 2.44 bits per heavy atom. The molecule has 1 N–H and O–H groups in total. The van der Waals surface area contributed by atoms with Crippen molar-refractivity contribution in [2.75, 3.05) is 20.6 Å². The Morgan fingerprint density at radius 3 is 2.94 bits per heavy atom. The van der Waals surface area contributed by atoms with Crippen molar-refractivity contribution >= 4 is 5.91 Å². The number of nitrogens with one attached hydrogen (secondary N) is 1. The molecule has 1 atom stereocenters. The van der Waals surface area contributed by atoms with Crippen LogP contribution in [0.3, 0.4) is 0 Å². The number of rotatable bonds is 5. The molecule has 4 nitrogen and oxygen atoms in total. The molecule has 1 amide bonds. The quantitative estimate of drug-likeness (QED) is 0.751. The first-order valence-corrected chi connectivity index (χ1v) is 5.11. The summed E-state index contributed by atoms with van der Waals surface area (Å²) in [4.78, 5) is 17.8. The van der Waals surface area contributed by atoms with Crippen LogP contribution in [-0.2, 0) is 4.79 Å². The summed E-state index contributed by atoms with van der Waals surface area (Å²) in [5, 5.41) is 2.79. The highest BCUT2D eigenvalue weighted by molar-refractivity contribution is 5.83. The van der Waals surface area contributed by atoms with E-state index in [2.05, 4.69) is 16.9 Å². The summed E-state index contributed by atoms with van der Waals surface area (Å²) in [6.45, 7) is 4.04. The number of carbonyl (C=O) groups is 1. The van der Waals surface area contributed by atoms with Crippen molar-refractivity contribution in [1.29, 1.82) is 0 Å². The van der Waals surface area contributed by atoms with Gasteiger partial charge >= 0.3 is 0 Å². The lowest BCUT2D eigenvalue weighted by Crippen LogP contribution is -2.37. The fraction of sp³-hybridized carbons (Fsp3) is 0.333. The van der Waals surface area contributed by atoms with E-state index in [1.165, 1.54) is 0 Å². The second kappa shape index (κ2) is 6.02. The minimum Gasteiger partial charge on any atom is -0.351 e. The monoisotopic (exact) mass is 219 g/mol. The summed E-state index contributed by atoms with van der Waals surface area (Å²) < 4.78 is 0. The average molecular weight is 219 g/mol. The summed E-state index contributed by atoms with van der Waals surface area (Å²) in [5.41, 5.74) is 0.883. The first-order chi connectivity index (χ1) is 7.66. The molecule has 0 saturated heterocycles. The summed E-state index contributed by atoms with van der Waals surface area (Å²) in [5.74, 6) is -0.0436. The van der Waals surface area contributed by atoms with Crippen molar-refractivity contribution in [3.05, 3.63) is 42.7 Å². The van der Waals surface area contributed by atoms with Gasteiger partial charge < -0.3 is 5.32 Å². The van der Waals surface area contributed by atoms with Crippen molar-refractivity contribution < 1.29 is 4.79 Å². The number of hydrogen-bond donors (Lipinski definition) is 1. The Bertz CT molecular complexity index is 349. The molecule has 0 aliphatic carbocycles. The van der Waals surface area contributed by atoms with Crippen LogP contribution in [-0.4, -0.2) is 36.4 Å². The summed E-state index contributed by atoms with van der Waals surface area (Å²) in [7, 11) is 3.73. The number of likely N-dealkylation sites (N-methyl/N-ethyl adjacent to an activating group) is 1. The molecule has 0 saturated carbocycles. The van der Waals surface area contributed by atoms with Crippen LogP contribution in [0.4, 0.5) is 0 Å². The van der Waals surface area contributed by atoms with Gasteiger partial charge in [-0.2, -0.15) is 0 Å². The molecule has 0 spiro atoms. The topological polar surface area (TPSA) is 45.2 Å². The van der Waals surface area contributed by atoms with E-state index in [-0.39, 0.29) is 11.9 Å². The van der Waals surface area contributed by atoms with Crippen LogP contribution in [0.25, 0.3) is 0 Å². The highest BCUT2D eigenvalue weighted by Crippen LogP contribution is 2.16. The zero-order valence-corrected chi connectivity index (χ0v) is 9.68. The molecule has 0 aliphatic heterocycles. The normalized spacial score (nSPS) is 12.2. The second-order valence-corrected chi connectivity index (χ2v) is 3.69. The summed E-state index contributed by atoms with van der Waals surface area (Å²) in [6.07, 6.45) is 5.06. The largest absolute Gasteiger partial charge is 0.351 e. The molecule has 1 aromatic rings. The molecule has 86 valence electrons. The van der Waals surface area contributed by atoms with Gasteiger partial charge in [-0.05, 0) is 25.7 Å². The van der Waals surface area contributed by atoms with Crippen molar-refractivity contribution in [1.82, 2.24) is 15.2 Å². The maximum absolute atomic E-state index is 11.9.